The molecule has 146 valence electrons. The van der Waals surface area contributed by atoms with E-state index in [0.717, 1.165) is 60.6 Å². The fraction of sp³-hybridized carbons (Fsp3) is 0.238. The third-order valence-electron chi connectivity index (χ3n) is 4.99. The van der Waals surface area contributed by atoms with Crippen molar-refractivity contribution in [3.05, 3.63) is 60.6 Å². The van der Waals surface area contributed by atoms with Crippen LogP contribution in [0, 0.1) is 6.92 Å². The van der Waals surface area contributed by atoms with Gasteiger partial charge in [-0.25, -0.2) is 9.97 Å². The van der Waals surface area contributed by atoms with Gasteiger partial charge >= 0.3 is 0 Å². The molecular weight excluding hydrogens is 366 g/mol. The summed E-state index contributed by atoms with van der Waals surface area (Å²) in [5.74, 6) is 2.31. The number of fused-ring (bicyclic) bond motifs is 1. The second kappa shape index (κ2) is 7.48. The first-order valence-corrected chi connectivity index (χ1v) is 9.61. The molecule has 8 heteroatoms. The van der Waals surface area contributed by atoms with Crippen molar-refractivity contribution in [3.8, 4) is 11.3 Å². The molecule has 0 bridgehead atoms. The summed E-state index contributed by atoms with van der Waals surface area (Å²) in [5, 5.41) is 7.76. The Balaban J connectivity index is 1.49. The first-order valence-electron chi connectivity index (χ1n) is 9.61. The molecule has 0 spiro atoms. The topological polar surface area (TPSA) is 80.5 Å². The fourth-order valence-corrected chi connectivity index (χ4v) is 3.44. The highest BCUT2D eigenvalue weighted by atomic mass is 16.5. The quantitative estimate of drug-likeness (QED) is 0.576. The molecule has 8 nitrogen and oxygen atoms in total. The van der Waals surface area contributed by atoms with Crippen LogP contribution in [0.3, 0.4) is 0 Å². The molecule has 0 amide bonds. The average Bonchev–Trinajstić information content (AvgIpc) is 3.25. The van der Waals surface area contributed by atoms with Crippen LogP contribution < -0.4 is 10.2 Å². The number of rotatable bonds is 4. The molecule has 1 N–H and O–H groups in total. The lowest BCUT2D eigenvalue weighted by Gasteiger charge is -2.28. The summed E-state index contributed by atoms with van der Waals surface area (Å²) in [7, 11) is 0. The number of nitrogens with zero attached hydrogens (tertiary/aromatic N) is 6. The van der Waals surface area contributed by atoms with Gasteiger partial charge in [0.1, 0.15) is 18.0 Å². The van der Waals surface area contributed by atoms with Gasteiger partial charge < -0.3 is 15.0 Å². The maximum absolute atomic E-state index is 5.43. The first kappa shape index (κ1) is 17.6. The summed E-state index contributed by atoms with van der Waals surface area (Å²) in [6.45, 7) is 5.21. The molecule has 29 heavy (non-hydrogen) atoms. The predicted octanol–water partition coefficient (Wildman–Crippen LogP) is 3.07. The van der Waals surface area contributed by atoms with Crippen LogP contribution in [-0.4, -0.2) is 50.9 Å². The standard InChI is InChI=1S/C21H21N7O/c1-15-17(7-8-19(24-15)27-9-11-29-12-10-27)25-20-13-18(16-5-3-2-4-6-16)26-21-22-14-23-28(20)21/h2-8,13-14,25H,9-12H2,1H3. The van der Waals surface area contributed by atoms with Crippen molar-refractivity contribution in [1.82, 2.24) is 24.6 Å². The van der Waals surface area contributed by atoms with Crippen molar-refractivity contribution in [2.45, 2.75) is 6.92 Å². The van der Waals surface area contributed by atoms with E-state index in [1.807, 2.05) is 49.4 Å². The van der Waals surface area contributed by atoms with Crippen molar-refractivity contribution < 1.29 is 4.74 Å². The number of pyridine rings is 1. The zero-order chi connectivity index (χ0) is 19.6. The SMILES string of the molecule is Cc1nc(N2CCOCC2)ccc1Nc1cc(-c2ccccc2)nc2ncnn12. The third-order valence-corrected chi connectivity index (χ3v) is 4.99. The summed E-state index contributed by atoms with van der Waals surface area (Å²) in [5.41, 5.74) is 3.70. The Hall–Kier alpha value is -3.52. The van der Waals surface area contributed by atoms with E-state index in [2.05, 4.69) is 31.3 Å². The van der Waals surface area contributed by atoms with Crippen LogP contribution in [0.5, 0.6) is 0 Å². The van der Waals surface area contributed by atoms with Gasteiger partial charge in [-0.05, 0) is 19.1 Å². The van der Waals surface area contributed by atoms with Crippen molar-refractivity contribution in [1.29, 1.82) is 0 Å². The number of anilines is 3. The highest BCUT2D eigenvalue weighted by molar-refractivity contribution is 5.69. The monoisotopic (exact) mass is 387 g/mol. The number of ether oxygens (including phenoxy) is 1. The molecule has 0 unspecified atom stereocenters. The van der Waals surface area contributed by atoms with E-state index in [9.17, 15) is 0 Å². The number of nitrogens with one attached hydrogen (secondary N) is 1. The van der Waals surface area contributed by atoms with Gasteiger partial charge in [0.15, 0.2) is 0 Å². The third kappa shape index (κ3) is 3.50. The van der Waals surface area contributed by atoms with E-state index in [4.69, 9.17) is 9.72 Å². The molecule has 1 saturated heterocycles. The maximum Gasteiger partial charge on any atom is 0.254 e. The molecule has 0 radical (unpaired) electrons. The van der Waals surface area contributed by atoms with E-state index in [-0.39, 0.29) is 0 Å². The highest BCUT2D eigenvalue weighted by Gasteiger charge is 2.15. The molecule has 1 aromatic carbocycles. The number of hydrogen-bond donors (Lipinski definition) is 1. The van der Waals surface area contributed by atoms with Crippen LogP contribution in [0.15, 0.2) is 54.9 Å². The fourth-order valence-electron chi connectivity index (χ4n) is 3.44. The molecule has 0 atom stereocenters. The molecule has 5 rings (SSSR count). The van der Waals surface area contributed by atoms with Crippen LogP contribution in [0.2, 0.25) is 0 Å². The van der Waals surface area contributed by atoms with Crippen LogP contribution >= 0.6 is 0 Å². The smallest absolute Gasteiger partial charge is 0.254 e. The molecule has 4 heterocycles. The van der Waals surface area contributed by atoms with E-state index in [0.29, 0.717) is 5.78 Å². The summed E-state index contributed by atoms with van der Waals surface area (Å²) in [6.07, 6.45) is 1.51. The van der Waals surface area contributed by atoms with Gasteiger partial charge in [-0.1, -0.05) is 30.3 Å². The molecule has 1 fully saturated rings. The number of morpholine rings is 1. The second-order valence-electron chi connectivity index (χ2n) is 6.89. The lowest BCUT2D eigenvalue weighted by molar-refractivity contribution is 0.122. The Morgan fingerprint density at radius 2 is 1.83 bits per heavy atom. The predicted molar refractivity (Wildman–Crippen MR) is 112 cm³/mol. The molecule has 1 aliphatic rings. The molecule has 0 saturated carbocycles. The van der Waals surface area contributed by atoms with Crippen LogP contribution in [0.1, 0.15) is 5.69 Å². The van der Waals surface area contributed by atoms with E-state index in [1.165, 1.54) is 6.33 Å². The second-order valence-corrected chi connectivity index (χ2v) is 6.89. The number of benzene rings is 1. The Labute approximate surface area is 168 Å². The lowest BCUT2D eigenvalue weighted by Crippen LogP contribution is -2.36. The van der Waals surface area contributed by atoms with Crippen molar-refractivity contribution in [3.63, 3.8) is 0 Å². The largest absolute Gasteiger partial charge is 0.378 e. The minimum Gasteiger partial charge on any atom is -0.378 e. The van der Waals surface area contributed by atoms with E-state index < -0.39 is 0 Å². The molecule has 0 aliphatic carbocycles. The van der Waals surface area contributed by atoms with Crippen molar-refractivity contribution in [2.75, 3.05) is 36.5 Å². The number of aryl methyl sites for hydroxylation is 1. The van der Waals surface area contributed by atoms with Crippen LogP contribution in [0.25, 0.3) is 17.0 Å². The zero-order valence-electron chi connectivity index (χ0n) is 16.1. The number of aromatic nitrogens is 5. The van der Waals surface area contributed by atoms with E-state index in [1.54, 1.807) is 4.52 Å². The molecule has 1 aliphatic heterocycles. The highest BCUT2D eigenvalue weighted by Crippen LogP contribution is 2.26. The minimum atomic E-state index is 0.546. The van der Waals surface area contributed by atoms with Gasteiger partial charge in [0.2, 0.25) is 0 Å². The molecular formula is C21H21N7O. The zero-order valence-corrected chi connectivity index (χ0v) is 16.1. The summed E-state index contributed by atoms with van der Waals surface area (Å²) >= 11 is 0. The Morgan fingerprint density at radius 1 is 1.00 bits per heavy atom. The van der Waals surface area contributed by atoms with Crippen LogP contribution in [-0.2, 0) is 4.74 Å². The Bertz CT molecular complexity index is 1140. The van der Waals surface area contributed by atoms with Gasteiger partial charge in [0.25, 0.3) is 5.78 Å². The minimum absolute atomic E-state index is 0.546. The Morgan fingerprint density at radius 3 is 2.62 bits per heavy atom. The average molecular weight is 387 g/mol. The van der Waals surface area contributed by atoms with Gasteiger partial charge in [0.05, 0.1) is 30.3 Å². The molecule has 3 aromatic heterocycles. The van der Waals surface area contributed by atoms with E-state index >= 15 is 0 Å². The van der Waals surface area contributed by atoms with Crippen molar-refractivity contribution >= 4 is 23.1 Å². The lowest BCUT2D eigenvalue weighted by atomic mass is 10.1. The van der Waals surface area contributed by atoms with Crippen molar-refractivity contribution in [2.24, 2.45) is 0 Å². The van der Waals surface area contributed by atoms with Gasteiger partial charge in [0, 0.05) is 24.7 Å². The Kier molecular flexibility index (Phi) is 4.53. The van der Waals surface area contributed by atoms with Gasteiger partial charge in [-0.2, -0.15) is 14.6 Å². The summed E-state index contributed by atoms with van der Waals surface area (Å²) < 4.78 is 7.13. The summed E-state index contributed by atoms with van der Waals surface area (Å²) in [6, 6.07) is 16.1. The van der Waals surface area contributed by atoms with Crippen LogP contribution in [0.4, 0.5) is 17.3 Å². The first-order chi connectivity index (χ1) is 14.3. The van der Waals surface area contributed by atoms with Gasteiger partial charge in [-0.15, -0.1) is 0 Å². The normalized spacial score (nSPS) is 14.3. The maximum atomic E-state index is 5.43. The molecule has 4 aromatic rings. The summed E-state index contributed by atoms with van der Waals surface area (Å²) in [4.78, 5) is 15.9. The number of hydrogen-bond acceptors (Lipinski definition) is 7. The van der Waals surface area contributed by atoms with Gasteiger partial charge in [-0.3, -0.25) is 0 Å².